The van der Waals surface area contributed by atoms with Crippen LogP contribution in [0.4, 0.5) is 4.39 Å². The van der Waals surface area contributed by atoms with Gasteiger partial charge in [-0.1, -0.05) is 11.6 Å². The van der Waals surface area contributed by atoms with Gasteiger partial charge in [-0.15, -0.1) is 0 Å². The first-order valence-corrected chi connectivity index (χ1v) is 9.54. The SMILES string of the molecule is COc1cc(-c2nc(-c3ccnc(CF)c3)c3n2C[C@@H](C)OCC3)ccc1Cl. The summed E-state index contributed by atoms with van der Waals surface area (Å²) in [5.41, 5.74) is 4.06. The van der Waals surface area contributed by atoms with E-state index in [-0.39, 0.29) is 6.10 Å². The number of aromatic nitrogens is 3. The van der Waals surface area contributed by atoms with Gasteiger partial charge in [0.2, 0.25) is 0 Å². The number of benzene rings is 1. The maximum absolute atomic E-state index is 13.1. The predicted octanol–water partition coefficient (Wildman–Crippen LogP) is 4.70. The first-order valence-electron chi connectivity index (χ1n) is 9.17. The van der Waals surface area contributed by atoms with Crippen LogP contribution in [0.2, 0.25) is 5.02 Å². The summed E-state index contributed by atoms with van der Waals surface area (Å²) in [5.74, 6) is 1.41. The molecule has 0 bridgehead atoms. The van der Waals surface area contributed by atoms with Crippen molar-refractivity contribution in [3.8, 4) is 28.4 Å². The highest BCUT2D eigenvalue weighted by atomic mass is 35.5. The van der Waals surface area contributed by atoms with Crippen molar-refractivity contribution >= 4 is 11.6 Å². The number of halogens is 2. The van der Waals surface area contributed by atoms with Crippen molar-refractivity contribution in [2.24, 2.45) is 0 Å². The van der Waals surface area contributed by atoms with Crippen molar-refractivity contribution < 1.29 is 13.9 Å². The summed E-state index contributed by atoms with van der Waals surface area (Å²) in [4.78, 5) is 9.01. The number of hydrogen-bond donors (Lipinski definition) is 0. The molecule has 2 aromatic heterocycles. The predicted molar refractivity (Wildman–Crippen MR) is 106 cm³/mol. The van der Waals surface area contributed by atoms with E-state index in [2.05, 4.69) is 16.5 Å². The Bertz CT molecular complexity index is 1010. The lowest BCUT2D eigenvalue weighted by Gasteiger charge is -2.13. The Morgan fingerprint density at radius 3 is 2.93 bits per heavy atom. The van der Waals surface area contributed by atoms with Crippen molar-refractivity contribution in [3.63, 3.8) is 0 Å². The van der Waals surface area contributed by atoms with E-state index in [1.807, 2.05) is 18.2 Å². The van der Waals surface area contributed by atoms with Gasteiger partial charge in [0.05, 0.1) is 42.8 Å². The Morgan fingerprint density at radius 1 is 1.29 bits per heavy atom. The summed E-state index contributed by atoms with van der Waals surface area (Å²) < 4.78 is 26.6. The summed E-state index contributed by atoms with van der Waals surface area (Å²) in [5, 5.41) is 0.549. The molecule has 146 valence electrons. The monoisotopic (exact) mass is 401 g/mol. The van der Waals surface area contributed by atoms with Crippen LogP contribution in [-0.4, -0.2) is 34.4 Å². The number of hydrogen-bond acceptors (Lipinski definition) is 4. The van der Waals surface area contributed by atoms with Crippen molar-refractivity contribution in [2.45, 2.75) is 32.7 Å². The zero-order chi connectivity index (χ0) is 19.7. The number of fused-ring (bicyclic) bond motifs is 1. The van der Waals surface area contributed by atoms with Crippen LogP contribution in [0.5, 0.6) is 5.75 Å². The molecule has 1 aliphatic heterocycles. The number of pyridine rings is 1. The minimum Gasteiger partial charge on any atom is -0.495 e. The van der Waals surface area contributed by atoms with Crippen molar-refractivity contribution in [1.82, 2.24) is 14.5 Å². The van der Waals surface area contributed by atoms with E-state index in [0.717, 1.165) is 34.8 Å². The van der Waals surface area contributed by atoms with E-state index in [1.54, 1.807) is 25.4 Å². The second-order valence-corrected chi connectivity index (χ2v) is 7.20. The Kier molecular flexibility index (Phi) is 5.33. The first kappa shape index (κ1) is 18.9. The maximum Gasteiger partial charge on any atom is 0.141 e. The van der Waals surface area contributed by atoms with Crippen LogP contribution in [0.15, 0.2) is 36.5 Å². The van der Waals surface area contributed by atoms with Gasteiger partial charge in [-0.25, -0.2) is 9.37 Å². The second kappa shape index (κ2) is 7.89. The molecule has 28 heavy (non-hydrogen) atoms. The van der Waals surface area contributed by atoms with E-state index in [1.165, 1.54) is 0 Å². The molecular weight excluding hydrogens is 381 g/mol. The first-order chi connectivity index (χ1) is 13.6. The van der Waals surface area contributed by atoms with Crippen molar-refractivity contribution in [1.29, 1.82) is 0 Å². The van der Waals surface area contributed by atoms with Gasteiger partial charge in [0.1, 0.15) is 18.2 Å². The molecule has 0 unspecified atom stereocenters. The summed E-state index contributed by atoms with van der Waals surface area (Å²) >= 11 is 6.20. The molecular formula is C21H21ClFN3O2. The molecule has 1 atom stereocenters. The van der Waals surface area contributed by atoms with Crippen LogP contribution in [0, 0.1) is 0 Å². The van der Waals surface area contributed by atoms with Gasteiger partial charge in [-0.05, 0) is 37.3 Å². The highest BCUT2D eigenvalue weighted by Gasteiger charge is 2.24. The maximum atomic E-state index is 13.1. The molecule has 0 fully saturated rings. The van der Waals surface area contributed by atoms with Crippen molar-refractivity contribution in [2.75, 3.05) is 13.7 Å². The molecule has 0 amide bonds. The average Bonchev–Trinajstić information content (AvgIpc) is 2.95. The molecule has 4 rings (SSSR count). The van der Waals surface area contributed by atoms with E-state index >= 15 is 0 Å². The van der Waals surface area contributed by atoms with E-state index in [9.17, 15) is 4.39 Å². The molecule has 7 heteroatoms. The van der Waals surface area contributed by atoms with Gasteiger partial charge in [0.25, 0.3) is 0 Å². The van der Waals surface area contributed by atoms with Crippen LogP contribution in [0.3, 0.4) is 0 Å². The van der Waals surface area contributed by atoms with Crippen LogP contribution < -0.4 is 4.74 Å². The lowest BCUT2D eigenvalue weighted by Crippen LogP contribution is -2.15. The highest BCUT2D eigenvalue weighted by molar-refractivity contribution is 6.32. The molecule has 0 N–H and O–H groups in total. The average molecular weight is 402 g/mol. The normalized spacial score (nSPS) is 16.5. The van der Waals surface area contributed by atoms with Crippen molar-refractivity contribution in [3.05, 3.63) is 52.9 Å². The second-order valence-electron chi connectivity index (χ2n) is 6.79. The molecule has 3 heterocycles. The Hall–Kier alpha value is -2.44. The number of ether oxygens (including phenoxy) is 2. The molecule has 1 aromatic carbocycles. The summed E-state index contributed by atoms with van der Waals surface area (Å²) in [6, 6.07) is 9.24. The quantitative estimate of drug-likeness (QED) is 0.635. The van der Waals surface area contributed by atoms with Crippen LogP contribution in [0.1, 0.15) is 18.3 Å². The minimum absolute atomic E-state index is 0.0649. The molecule has 0 radical (unpaired) electrons. The Morgan fingerprint density at radius 2 is 2.14 bits per heavy atom. The molecule has 0 spiro atoms. The standard InChI is InChI=1S/C21H21ClFN3O2/c1-13-12-26-18(6-8-28-13)20(14-5-7-24-16(9-14)11-23)25-21(26)15-3-4-17(22)19(10-15)27-2/h3-5,7,9-10,13H,6,8,11-12H2,1-2H3/t13-/m1/s1. The van der Waals surface area contributed by atoms with Gasteiger partial charge < -0.3 is 14.0 Å². The number of alkyl halides is 1. The third-order valence-electron chi connectivity index (χ3n) is 4.89. The molecule has 0 saturated heterocycles. The number of imidazole rings is 1. The van der Waals surface area contributed by atoms with Gasteiger partial charge in [0.15, 0.2) is 0 Å². The summed E-state index contributed by atoms with van der Waals surface area (Å²) in [6.45, 7) is 2.74. The van der Waals surface area contributed by atoms with Gasteiger partial charge in [0, 0.05) is 29.4 Å². The number of rotatable bonds is 4. The van der Waals surface area contributed by atoms with E-state index in [4.69, 9.17) is 26.1 Å². The lowest BCUT2D eigenvalue weighted by molar-refractivity contribution is 0.0666. The van der Waals surface area contributed by atoms with E-state index < -0.39 is 6.67 Å². The van der Waals surface area contributed by atoms with Gasteiger partial charge in [-0.3, -0.25) is 4.98 Å². The molecule has 0 saturated carbocycles. The third kappa shape index (κ3) is 3.50. The number of methoxy groups -OCH3 is 1. The van der Waals surface area contributed by atoms with Gasteiger partial charge >= 0.3 is 0 Å². The van der Waals surface area contributed by atoms with Crippen LogP contribution in [-0.2, 0) is 24.4 Å². The topological polar surface area (TPSA) is 49.2 Å². The van der Waals surface area contributed by atoms with E-state index in [0.29, 0.717) is 29.6 Å². The van der Waals surface area contributed by atoms with Crippen LogP contribution >= 0.6 is 11.6 Å². The highest BCUT2D eigenvalue weighted by Crippen LogP contribution is 2.35. The Balaban J connectivity index is 1.90. The molecule has 1 aliphatic rings. The fourth-order valence-electron chi connectivity index (χ4n) is 3.55. The zero-order valence-corrected chi connectivity index (χ0v) is 16.5. The van der Waals surface area contributed by atoms with Crippen LogP contribution in [0.25, 0.3) is 22.6 Å². The Labute approximate surface area is 168 Å². The minimum atomic E-state index is -0.606. The third-order valence-corrected chi connectivity index (χ3v) is 5.20. The number of nitrogens with zero attached hydrogens (tertiary/aromatic N) is 3. The van der Waals surface area contributed by atoms with Gasteiger partial charge in [-0.2, -0.15) is 0 Å². The summed E-state index contributed by atoms with van der Waals surface area (Å²) in [6.07, 6.45) is 2.41. The lowest BCUT2D eigenvalue weighted by atomic mass is 10.1. The molecule has 5 nitrogen and oxygen atoms in total. The zero-order valence-electron chi connectivity index (χ0n) is 15.8. The fourth-order valence-corrected chi connectivity index (χ4v) is 3.75. The summed E-state index contributed by atoms with van der Waals surface area (Å²) in [7, 11) is 1.59. The molecule has 0 aliphatic carbocycles. The fraction of sp³-hybridized carbons (Fsp3) is 0.333. The molecule has 3 aromatic rings. The largest absolute Gasteiger partial charge is 0.495 e. The smallest absolute Gasteiger partial charge is 0.141 e.